The van der Waals surface area contributed by atoms with Crippen LogP contribution in [0.4, 0.5) is 0 Å². The Morgan fingerprint density at radius 3 is 2.00 bits per heavy atom. The number of carbonyl (C=O) groups is 4. The van der Waals surface area contributed by atoms with E-state index < -0.39 is 5.41 Å². The zero-order valence-corrected chi connectivity index (χ0v) is 14.2. The maximum absolute atomic E-state index is 12.3. The lowest BCUT2D eigenvalue weighted by Crippen LogP contribution is -2.81. The molecule has 0 N–H and O–H groups in total. The smallest absolute Gasteiger partial charge is 0.320 e. The van der Waals surface area contributed by atoms with Crippen molar-refractivity contribution in [3.8, 4) is 0 Å². The fraction of sp³-hybridized carbons (Fsp3) is 0.800. The lowest BCUT2D eigenvalue weighted by Gasteiger charge is -2.80. The maximum Gasteiger partial charge on any atom is 0.320 e. The number of cyclic esters (lactones) is 4. The lowest BCUT2D eigenvalue weighted by molar-refractivity contribution is -0.342. The van der Waals surface area contributed by atoms with E-state index in [2.05, 4.69) is 0 Å². The number of hydrogen-bond acceptors (Lipinski definition) is 6. The Hall–Kier alpha value is -1.72. The van der Waals surface area contributed by atoms with Crippen LogP contribution in [0.25, 0.3) is 0 Å². The summed E-state index contributed by atoms with van der Waals surface area (Å²) in [7, 11) is 0. The minimum Gasteiger partial charge on any atom is -0.393 e. The van der Waals surface area contributed by atoms with E-state index in [0.29, 0.717) is 59.2 Å². The maximum atomic E-state index is 12.3. The summed E-state index contributed by atoms with van der Waals surface area (Å²) in [6.07, 6.45) is 1.13. The third-order valence-corrected chi connectivity index (χ3v) is 10.6. The Morgan fingerprint density at radius 2 is 1.35 bits per heavy atom. The van der Waals surface area contributed by atoms with Crippen molar-refractivity contribution in [3.05, 3.63) is 0 Å². The van der Waals surface area contributed by atoms with Gasteiger partial charge in [0.25, 0.3) is 0 Å². The third kappa shape index (κ3) is 0.928. The molecular formula is C20H18O6. The van der Waals surface area contributed by atoms with Crippen LogP contribution in [0.2, 0.25) is 0 Å². The van der Waals surface area contributed by atoms with Crippen molar-refractivity contribution in [1.29, 1.82) is 0 Å². The van der Waals surface area contributed by atoms with E-state index in [1.165, 1.54) is 0 Å². The molecule has 0 aromatic rings. The monoisotopic (exact) mass is 354 g/mol. The summed E-state index contributed by atoms with van der Waals surface area (Å²) in [6, 6.07) is 0. The normalized spacial score (nSPS) is 69.5. The van der Waals surface area contributed by atoms with Gasteiger partial charge in [0.2, 0.25) is 0 Å². The van der Waals surface area contributed by atoms with E-state index in [9.17, 15) is 19.2 Å². The van der Waals surface area contributed by atoms with Crippen LogP contribution < -0.4 is 0 Å². The first-order valence-electron chi connectivity index (χ1n) is 9.98. The van der Waals surface area contributed by atoms with Gasteiger partial charge in [-0.1, -0.05) is 0 Å². The fourth-order valence-corrected chi connectivity index (χ4v) is 10.2. The van der Waals surface area contributed by atoms with Gasteiger partial charge in [-0.05, 0) is 72.5 Å². The Bertz CT molecular complexity index is 893. The first-order valence-corrected chi connectivity index (χ1v) is 9.98. The number of rotatable bonds is 0. The fourth-order valence-electron chi connectivity index (χ4n) is 10.2. The molecule has 134 valence electrons. The average Bonchev–Trinajstić information content (AvgIpc) is 3.11. The number of ether oxygens (including phenoxy) is 2. The molecule has 26 heavy (non-hydrogen) atoms. The van der Waals surface area contributed by atoms with Crippen LogP contribution in [0.1, 0.15) is 13.3 Å². The predicted octanol–water partition coefficient (Wildman–Crippen LogP) is 0.642. The molecule has 0 amide bonds. The molecule has 2 bridgehead atoms. The second-order valence-corrected chi connectivity index (χ2v) is 10.4. The predicted molar refractivity (Wildman–Crippen MR) is 80.3 cm³/mol. The van der Waals surface area contributed by atoms with Crippen molar-refractivity contribution in [2.75, 3.05) is 0 Å². The summed E-state index contributed by atoms with van der Waals surface area (Å²) in [6.45, 7) is 1.93. The van der Waals surface area contributed by atoms with Crippen LogP contribution in [-0.4, -0.2) is 23.9 Å². The van der Waals surface area contributed by atoms with Gasteiger partial charge < -0.3 is 9.47 Å². The number of esters is 4. The highest BCUT2D eigenvalue weighted by Gasteiger charge is 2.90. The van der Waals surface area contributed by atoms with Gasteiger partial charge in [-0.2, -0.15) is 0 Å². The van der Waals surface area contributed by atoms with Gasteiger partial charge in [0.1, 0.15) is 0 Å². The standard InChI is InChI=1S/C20H18O6/c1-20-14-10-6-4-2-3(7-8(4)12-11(7)16(21)25-17(12)22)5(6)9(10)13(14)15(20)18(23)26-19(20)24/h3-15H,2H2,1H3. The Balaban J connectivity index is 1.17. The Morgan fingerprint density at radius 1 is 0.731 bits per heavy atom. The highest BCUT2D eigenvalue weighted by atomic mass is 16.6. The molecule has 2 saturated heterocycles. The summed E-state index contributed by atoms with van der Waals surface area (Å²) in [4.78, 5) is 48.7. The molecule has 0 spiro atoms. The molecule has 2 aliphatic heterocycles. The van der Waals surface area contributed by atoms with Crippen LogP contribution in [0.5, 0.6) is 0 Å². The van der Waals surface area contributed by atoms with Crippen molar-refractivity contribution in [2.45, 2.75) is 13.3 Å². The quantitative estimate of drug-likeness (QED) is 0.360. The van der Waals surface area contributed by atoms with Crippen molar-refractivity contribution in [3.63, 3.8) is 0 Å². The molecule has 0 aromatic carbocycles. The van der Waals surface area contributed by atoms with E-state index in [-0.39, 0.29) is 41.6 Å². The molecular weight excluding hydrogens is 336 g/mol. The summed E-state index contributed by atoms with van der Waals surface area (Å²) in [5.41, 5.74) is -0.598. The average molecular weight is 354 g/mol. The SMILES string of the molecule is CC12C(=O)OC(=O)C1C1C3C4C5CC(C6C7C(=O)OC(=O)C7C56)C4C3C12. The van der Waals surface area contributed by atoms with Crippen LogP contribution in [0.3, 0.4) is 0 Å². The highest BCUT2D eigenvalue weighted by molar-refractivity contribution is 6.02. The lowest BCUT2D eigenvalue weighted by atomic mass is 9.22. The highest BCUT2D eigenvalue weighted by Crippen LogP contribution is 2.88. The van der Waals surface area contributed by atoms with Gasteiger partial charge in [-0.3, -0.25) is 19.2 Å². The van der Waals surface area contributed by atoms with Gasteiger partial charge in [-0.15, -0.1) is 0 Å². The molecule has 8 aliphatic rings. The molecule has 2 heterocycles. The summed E-state index contributed by atoms with van der Waals surface area (Å²) in [5, 5.41) is 0. The van der Waals surface area contributed by atoms with Crippen molar-refractivity contribution in [2.24, 2.45) is 82.3 Å². The van der Waals surface area contributed by atoms with Gasteiger partial charge in [0, 0.05) is 0 Å². The molecule has 0 aromatic heterocycles. The van der Waals surface area contributed by atoms with E-state index in [0.717, 1.165) is 6.42 Å². The molecule has 6 saturated carbocycles. The number of hydrogen-bond donors (Lipinski definition) is 0. The van der Waals surface area contributed by atoms with Crippen LogP contribution in [0, 0.1) is 82.3 Å². The molecule has 0 radical (unpaired) electrons. The second kappa shape index (κ2) is 3.40. The molecule has 6 heteroatoms. The summed E-state index contributed by atoms with van der Waals surface area (Å²) < 4.78 is 9.95. The van der Waals surface area contributed by atoms with Crippen LogP contribution in [0.15, 0.2) is 0 Å². The molecule has 8 rings (SSSR count). The van der Waals surface area contributed by atoms with E-state index in [4.69, 9.17) is 9.47 Å². The van der Waals surface area contributed by atoms with E-state index in [1.54, 1.807) is 0 Å². The third-order valence-electron chi connectivity index (χ3n) is 10.6. The van der Waals surface area contributed by atoms with Gasteiger partial charge in [-0.25, -0.2) is 0 Å². The van der Waals surface area contributed by atoms with Gasteiger partial charge >= 0.3 is 23.9 Å². The van der Waals surface area contributed by atoms with Crippen LogP contribution in [-0.2, 0) is 28.7 Å². The topological polar surface area (TPSA) is 86.7 Å². The minimum atomic E-state index is -0.598. The Labute approximate surface area is 148 Å². The van der Waals surface area contributed by atoms with Gasteiger partial charge in [0.15, 0.2) is 0 Å². The van der Waals surface area contributed by atoms with E-state index in [1.807, 2.05) is 6.92 Å². The zero-order chi connectivity index (χ0) is 17.4. The second-order valence-electron chi connectivity index (χ2n) is 10.4. The van der Waals surface area contributed by atoms with E-state index >= 15 is 0 Å². The summed E-state index contributed by atoms with van der Waals surface area (Å²) in [5.74, 6) is 2.67. The molecule has 6 nitrogen and oxygen atoms in total. The molecule has 14 atom stereocenters. The molecule has 6 aliphatic carbocycles. The first kappa shape index (κ1) is 13.4. The number of fused-ring (bicyclic) bond motifs is 20. The largest absolute Gasteiger partial charge is 0.393 e. The molecule has 14 unspecified atom stereocenters. The number of carbonyl (C=O) groups excluding carboxylic acids is 4. The van der Waals surface area contributed by atoms with Crippen LogP contribution >= 0.6 is 0 Å². The Kier molecular flexibility index (Phi) is 1.76. The molecule has 8 fully saturated rings. The van der Waals surface area contributed by atoms with Crippen molar-refractivity contribution in [1.82, 2.24) is 0 Å². The summed E-state index contributed by atoms with van der Waals surface area (Å²) >= 11 is 0. The zero-order valence-electron chi connectivity index (χ0n) is 14.2. The first-order chi connectivity index (χ1) is 12.5. The minimum absolute atomic E-state index is 0.192. The van der Waals surface area contributed by atoms with Gasteiger partial charge in [0.05, 0.1) is 23.2 Å². The van der Waals surface area contributed by atoms with Crippen molar-refractivity contribution >= 4 is 23.9 Å². The van der Waals surface area contributed by atoms with Crippen molar-refractivity contribution < 1.29 is 28.7 Å².